The van der Waals surface area contributed by atoms with Crippen molar-refractivity contribution < 1.29 is 0 Å². The summed E-state index contributed by atoms with van der Waals surface area (Å²) in [6.45, 7) is 23.5. The van der Waals surface area contributed by atoms with Crippen LogP contribution in [-0.2, 0) is 16.2 Å². The van der Waals surface area contributed by atoms with Crippen molar-refractivity contribution >= 4 is 0 Å². The SMILES string of the molecule is CC1C=C(C(C)(C)C)C=C1C(c1ccccc1)(c1ccccc1)C1c2cc(C(C)(C)C)ccc2-c2ccc(C(C)(C)C)cc21. The summed E-state index contributed by atoms with van der Waals surface area (Å²) < 4.78 is 0. The van der Waals surface area contributed by atoms with Gasteiger partial charge < -0.3 is 0 Å². The largest absolute Gasteiger partial charge is 0.0738 e. The van der Waals surface area contributed by atoms with Crippen LogP contribution in [0, 0.1) is 11.3 Å². The molecule has 0 fully saturated rings. The maximum absolute atomic E-state index is 2.57. The molecule has 0 N–H and O–H groups in total. The molecule has 0 spiro atoms. The molecule has 2 aliphatic carbocycles. The lowest BCUT2D eigenvalue weighted by Crippen LogP contribution is -2.39. The molecule has 0 heteroatoms. The quantitative estimate of drug-likeness (QED) is 0.226. The van der Waals surface area contributed by atoms with E-state index in [1.165, 1.54) is 55.7 Å². The van der Waals surface area contributed by atoms with Crippen molar-refractivity contribution in [3.05, 3.63) is 154 Å². The van der Waals surface area contributed by atoms with Crippen LogP contribution in [0.1, 0.15) is 109 Å². The van der Waals surface area contributed by atoms with E-state index in [9.17, 15) is 0 Å². The molecule has 1 atom stereocenters. The highest BCUT2D eigenvalue weighted by molar-refractivity contribution is 5.83. The van der Waals surface area contributed by atoms with Gasteiger partial charge in [0.15, 0.2) is 0 Å². The predicted molar refractivity (Wildman–Crippen MR) is 190 cm³/mol. The van der Waals surface area contributed by atoms with Gasteiger partial charge in [0, 0.05) is 5.92 Å². The summed E-state index contributed by atoms with van der Waals surface area (Å²) in [6, 6.07) is 37.5. The van der Waals surface area contributed by atoms with Crippen molar-refractivity contribution in [2.75, 3.05) is 0 Å². The predicted octanol–water partition coefficient (Wildman–Crippen LogP) is 11.9. The minimum absolute atomic E-state index is 0.0496. The molecular formula is C44H50. The second-order valence-corrected chi connectivity index (χ2v) is 16.3. The van der Waals surface area contributed by atoms with Gasteiger partial charge >= 0.3 is 0 Å². The molecule has 0 nitrogen and oxygen atoms in total. The van der Waals surface area contributed by atoms with E-state index in [0.29, 0.717) is 5.92 Å². The second-order valence-electron chi connectivity index (χ2n) is 16.3. The average molecular weight is 579 g/mol. The van der Waals surface area contributed by atoms with Crippen molar-refractivity contribution in [1.29, 1.82) is 0 Å². The summed E-state index contributed by atoms with van der Waals surface area (Å²) in [6.07, 6.45) is 5.10. The summed E-state index contributed by atoms with van der Waals surface area (Å²) in [4.78, 5) is 0. The summed E-state index contributed by atoms with van der Waals surface area (Å²) in [5.74, 6) is 0.414. The standard InChI is InChI=1S/C44H50/c1-29-25-34(43(8,9)10)28-39(29)44(30-17-13-11-14-18-30,31-19-15-12-16-20-31)40-37-26-32(41(2,3)4)21-23-35(37)36-24-22-33(27-38(36)40)42(5,6)7/h11-29,40H,1-10H3. The normalized spacial score (nSPS) is 17.3. The fraction of sp³-hybridized carbons (Fsp3) is 0.364. The van der Waals surface area contributed by atoms with E-state index in [-0.39, 0.29) is 22.2 Å². The molecule has 0 aliphatic heterocycles. The number of allylic oxidation sites excluding steroid dienone is 4. The number of fused-ring (bicyclic) bond motifs is 3. The topological polar surface area (TPSA) is 0 Å². The Morgan fingerprint density at radius 2 is 0.909 bits per heavy atom. The van der Waals surface area contributed by atoms with Crippen molar-refractivity contribution in [1.82, 2.24) is 0 Å². The Morgan fingerprint density at radius 3 is 1.27 bits per heavy atom. The second kappa shape index (κ2) is 10.5. The van der Waals surface area contributed by atoms with Gasteiger partial charge in [0.1, 0.15) is 0 Å². The van der Waals surface area contributed by atoms with Gasteiger partial charge in [-0.15, -0.1) is 0 Å². The number of hydrogen-bond donors (Lipinski definition) is 0. The van der Waals surface area contributed by atoms with E-state index >= 15 is 0 Å². The van der Waals surface area contributed by atoms with Crippen LogP contribution in [0.2, 0.25) is 0 Å². The molecule has 0 radical (unpaired) electrons. The zero-order valence-electron chi connectivity index (χ0n) is 28.5. The van der Waals surface area contributed by atoms with Crippen LogP contribution in [0.5, 0.6) is 0 Å². The summed E-state index contributed by atoms with van der Waals surface area (Å²) in [7, 11) is 0. The summed E-state index contributed by atoms with van der Waals surface area (Å²) in [5.41, 5.74) is 13.8. The van der Waals surface area contributed by atoms with Gasteiger partial charge in [0.25, 0.3) is 0 Å². The van der Waals surface area contributed by atoms with E-state index in [0.717, 1.165) is 0 Å². The highest BCUT2D eigenvalue weighted by Crippen LogP contribution is 2.62. The Labute approximate surface area is 267 Å². The van der Waals surface area contributed by atoms with Crippen LogP contribution < -0.4 is 0 Å². The van der Waals surface area contributed by atoms with Crippen LogP contribution in [0.4, 0.5) is 0 Å². The minimum atomic E-state index is -0.404. The molecule has 44 heavy (non-hydrogen) atoms. The van der Waals surface area contributed by atoms with Gasteiger partial charge in [-0.05, 0) is 77.8 Å². The zero-order chi connectivity index (χ0) is 31.7. The van der Waals surface area contributed by atoms with Crippen molar-refractivity contribution in [3.63, 3.8) is 0 Å². The van der Waals surface area contributed by atoms with Crippen LogP contribution in [0.15, 0.2) is 120 Å². The Bertz CT molecular complexity index is 1640. The monoisotopic (exact) mass is 578 g/mol. The molecule has 0 aromatic heterocycles. The molecule has 0 saturated carbocycles. The average Bonchev–Trinajstić information content (AvgIpc) is 3.52. The fourth-order valence-corrected chi connectivity index (χ4v) is 7.71. The van der Waals surface area contributed by atoms with E-state index in [2.05, 4.69) is 178 Å². The Kier molecular flexibility index (Phi) is 7.23. The van der Waals surface area contributed by atoms with Crippen LogP contribution in [-0.4, -0.2) is 0 Å². The molecule has 0 bridgehead atoms. The highest BCUT2D eigenvalue weighted by atomic mass is 14.5. The molecule has 4 aromatic rings. The Morgan fingerprint density at radius 1 is 0.477 bits per heavy atom. The molecular weight excluding hydrogens is 528 g/mol. The molecule has 2 aliphatic rings. The lowest BCUT2D eigenvalue weighted by Gasteiger charge is -2.45. The molecule has 1 unspecified atom stereocenters. The van der Waals surface area contributed by atoms with Gasteiger partial charge in [0.05, 0.1) is 5.41 Å². The van der Waals surface area contributed by atoms with Gasteiger partial charge in [0.2, 0.25) is 0 Å². The molecule has 4 aromatic carbocycles. The van der Waals surface area contributed by atoms with Gasteiger partial charge in [-0.3, -0.25) is 0 Å². The lowest BCUT2D eigenvalue weighted by atomic mass is 9.57. The maximum atomic E-state index is 2.57. The molecule has 0 amide bonds. The third kappa shape index (κ3) is 4.92. The maximum Gasteiger partial charge on any atom is 0.0529 e. The molecule has 0 saturated heterocycles. The van der Waals surface area contributed by atoms with E-state index in [1.54, 1.807) is 0 Å². The first kappa shape index (κ1) is 30.4. The third-order valence-corrected chi connectivity index (χ3v) is 10.2. The first-order chi connectivity index (χ1) is 20.6. The fourth-order valence-electron chi connectivity index (χ4n) is 7.71. The van der Waals surface area contributed by atoms with Crippen molar-refractivity contribution in [2.24, 2.45) is 11.3 Å². The summed E-state index contributed by atoms with van der Waals surface area (Å²) >= 11 is 0. The van der Waals surface area contributed by atoms with Crippen LogP contribution in [0.3, 0.4) is 0 Å². The zero-order valence-corrected chi connectivity index (χ0v) is 28.5. The van der Waals surface area contributed by atoms with E-state index in [4.69, 9.17) is 0 Å². The number of hydrogen-bond acceptors (Lipinski definition) is 0. The number of benzene rings is 4. The van der Waals surface area contributed by atoms with Gasteiger partial charge in [-0.1, -0.05) is 178 Å². The van der Waals surface area contributed by atoms with Crippen LogP contribution >= 0.6 is 0 Å². The minimum Gasteiger partial charge on any atom is -0.0738 e. The smallest absolute Gasteiger partial charge is 0.0529 e. The first-order valence-corrected chi connectivity index (χ1v) is 16.5. The lowest BCUT2D eigenvalue weighted by molar-refractivity contribution is 0.496. The van der Waals surface area contributed by atoms with Crippen molar-refractivity contribution in [3.8, 4) is 11.1 Å². The van der Waals surface area contributed by atoms with E-state index in [1.807, 2.05) is 0 Å². The van der Waals surface area contributed by atoms with Crippen molar-refractivity contribution in [2.45, 2.75) is 91.4 Å². The molecule has 226 valence electrons. The van der Waals surface area contributed by atoms with Gasteiger partial charge in [-0.25, -0.2) is 0 Å². The first-order valence-electron chi connectivity index (χ1n) is 16.5. The third-order valence-electron chi connectivity index (χ3n) is 10.2. The molecule has 6 rings (SSSR count). The Balaban J connectivity index is 1.79. The van der Waals surface area contributed by atoms with Gasteiger partial charge in [-0.2, -0.15) is 0 Å². The Hall–Kier alpha value is -3.64. The summed E-state index contributed by atoms with van der Waals surface area (Å²) in [5, 5.41) is 0. The molecule has 0 heterocycles. The number of rotatable bonds is 4. The highest BCUT2D eigenvalue weighted by Gasteiger charge is 2.52. The van der Waals surface area contributed by atoms with E-state index < -0.39 is 5.41 Å². The van der Waals surface area contributed by atoms with Crippen LogP contribution in [0.25, 0.3) is 11.1 Å².